The Hall–Kier alpha value is -1.74. The number of nitrogens with one attached hydrogen (secondary N) is 1. The van der Waals surface area contributed by atoms with Crippen LogP contribution in [0.25, 0.3) is 10.8 Å². The minimum absolute atomic E-state index is 0.124. The zero-order chi connectivity index (χ0) is 13.5. The van der Waals surface area contributed by atoms with Crippen LogP contribution in [-0.4, -0.2) is 18.8 Å². The SMILES string of the molecule is COc1cccc2c(O)c(C3(C)CCCN3)ccc12. The van der Waals surface area contributed by atoms with Crippen molar-refractivity contribution >= 4 is 10.8 Å². The summed E-state index contributed by atoms with van der Waals surface area (Å²) in [4.78, 5) is 0. The molecule has 2 aromatic carbocycles. The van der Waals surface area contributed by atoms with Gasteiger partial charge in [0.2, 0.25) is 0 Å². The maximum Gasteiger partial charge on any atom is 0.128 e. The fraction of sp³-hybridized carbons (Fsp3) is 0.375. The minimum atomic E-state index is -0.124. The summed E-state index contributed by atoms with van der Waals surface area (Å²) in [6.07, 6.45) is 2.20. The van der Waals surface area contributed by atoms with Gasteiger partial charge in [0.1, 0.15) is 11.5 Å². The van der Waals surface area contributed by atoms with E-state index in [0.29, 0.717) is 5.75 Å². The third kappa shape index (κ3) is 1.85. The highest BCUT2D eigenvalue weighted by molar-refractivity contribution is 5.94. The van der Waals surface area contributed by atoms with E-state index in [2.05, 4.69) is 12.2 Å². The van der Waals surface area contributed by atoms with E-state index < -0.39 is 0 Å². The molecule has 0 radical (unpaired) electrons. The molecule has 3 nitrogen and oxygen atoms in total. The van der Waals surface area contributed by atoms with Crippen molar-refractivity contribution in [1.29, 1.82) is 0 Å². The maximum atomic E-state index is 10.6. The molecule has 1 aliphatic heterocycles. The van der Waals surface area contributed by atoms with Crippen LogP contribution in [0.4, 0.5) is 0 Å². The number of hydrogen-bond acceptors (Lipinski definition) is 3. The molecule has 0 bridgehead atoms. The first-order valence-corrected chi connectivity index (χ1v) is 6.70. The lowest BCUT2D eigenvalue weighted by molar-refractivity contribution is 0.397. The predicted octanol–water partition coefficient (Wildman–Crippen LogP) is 3.15. The zero-order valence-electron chi connectivity index (χ0n) is 11.4. The Morgan fingerprint density at radius 1 is 1.21 bits per heavy atom. The largest absolute Gasteiger partial charge is 0.507 e. The predicted molar refractivity (Wildman–Crippen MR) is 76.8 cm³/mol. The Morgan fingerprint density at radius 2 is 2.05 bits per heavy atom. The van der Waals surface area contributed by atoms with E-state index in [1.807, 2.05) is 30.3 Å². The summed E-state index contributed by atoms with van der Waals surface area (Å²) < 4.78 is 5.35. The molecule has 1 heterocycles. The number of phenols is 1. The second-order valence-corrected chi connectivity index (χ2v) is 5.38. The summed E-state index contributed by atoms with van der Waals surface area (Å²) in [5, 5.41) is 15.9. The van der Waals surface area contributed by atoms with Crippen molar-refractivity contribution in [2.24, 2.45) is 0 Å². The van der Waals surface area contributed by atoms with Crippen molar-refractivity contribution in [1.82, 2.24) is 5.32 Å². The molecule has 3 rings (SSSR count). The standard InChI is InChI=1S/C16H19NO2/c1-16(9-4-10-17-16)13-8-7-11-12(15(13)18)5-3-6-14(11)19-2/h3,5-8,17-18H,4,9-10H2,1-2H3. The topological polar surface area (TPSA) is 41.5 Å². The number of hydrogen-bond donors (Lipinski definition) is 2. The van der Waals surface area contributed by atoms with Gasteiger partial charge in [0, 0.05) is 21.9 Å². The summed E-state index contributed by atoms with van der Waals surface area (Å²) in [5.74, 6) is 1.16. The van der Waals surface area contributed by atoms with Crippen LogP contribution in [0.15, 0.2) is 30.3 Å². The van der Waals surface area contributed by atoms with E-state index in [1.54, 1.807) is 7.11 Å². The summed E-state index contributed by atoms with van der Waals surface area (Å²) in [6.45, 7) is 3.16. The van der Waals surface area contributed by atoms with Crippen molar-refractivity contribution in [2.45, 2.75) is 25.3 Å². The van der Waals surface area contributed by atoms with Gasteiger partial charge in [0.15, 0.2) is 0 Å². The number of methoxy groups -OCH3 is 1. The molecule has 3 heteroatoms. The van der Waals surface area contributed by atoms with Crippen molar-refractivity contribution < 1.29 is 9.84 Å². The van der Waals surface area contributed by atoms with Crippen molar-refractivity contribution in [2.75, 3.05) is 13.7 Å². The second-order valence-electron chi connectivity index (χ2n) is 5.38. The third-order valence-electron chi connectivity index (χ3n) is 4.18. The molecule has 100 valence electrons. The quantitative estimate of drug-likeness (QED) is 0.868. The molecule has 0 aromatic heterocycles. The fourth-order valence-corrected chi connectivity index (χ4v) is 3.06. The Bertz CT molecular complexity index is 615. The van der Waals surface area contributed by atoms with Crippen LogP contribution < -0.4 is 10.1 Å². The summed E-state index contributed by atoms with van der Waals surface area (Å²) in [7, 11) is 1.65. The van der Waals surface area contributed by atoms with Crippen LogP contribution in [-0.2, 0) is 5.54 Å². The number of ether oxygens (including phenoxy) is 1. The number of phenolic OH excluding ortho intramolecular Hbond substituents is 1. The van der Waals surface area contributed by atoms with Gasteiger partial charge in [-0.3, -0.25) is 0 Å². The van der Waals surface area contributed by atoms with E-state index in [4.69, 9.17) is 4.74 Å². The van der Waals surface area contributed by atoms with Gasteiger partial charge >= 0.3 is 0 Å². The lowest BCUT2D eigenvalue weighted by Gasteiger charge is -2.26. The fourth-order valence-electron chi connectivity index (χ4n) is 3.06. The highest BCUT2D eigenvalue weighted by Gasteiger charge is 2.32. The van der Waals surface area contributed by atoms with Gasteiger partial charge in [0.05, 0.1) is 7.11 Å². The Labute approximate surface area is 113 Å². The molecule has 2 aromatic rings. The first-order valence-electron chi connectivity index (χ1n) is 6.70. The first kappa shape index (κ1) is 12.3. The van der Waals surface area contributed by atoms with Crippen molar-refractivity contribution in [3.05, 3.63) is 35.9 Å². The van der Waals surface area contributed by atoms with Gasteiger partial charge in [-0.15, -0.1) is 0 Å². The van der Waals surface area contributed by atoms with Crippen LogP contribution in [0.1, 0.15) is 25.3 Å². The number of benzene rings is 2. The smallest absolute Gasteiger partial charge is 0.128 e. The van der Waals surface area contributed by atoms with Gasteiger partial charge in [-0.2, -0.15) is 0 Å². The monoisotopic (exact) mass is 257 g/mol. The lowest BCUT2D eigenvalue weighted by Crippen LogP contribution is -2.33. The van der Waals surface area contributed by atoms with Crippen LogP contribution >= 0.6 is 0 Å². The second kappa shape index (κ2) is 4.42. The molecule has 0 amide bonds. The maximum absolute atomic E-state index is 10.6. The van der Waals surface area contributed by atoms with Crippen LogP contribution in [0.2, 0.25) is 0 Å². The van der Waals surface area contributed by atoms with Crippen LogP contribution in [0, 0.1) is 0 Å². The molecule has 1 atom stereocenters. The average molecular weight is 257 g/mol. The number of aromatic hydroxyl groups is 1. The molecule has 2 N–H and O–H groups in total. The van der Waals surface area contributed by atoms with Crippen molar-refractivity contribution in [3.8, 4) is 11.5 Å². The Morgan fingerprint density at radius 3 is 2.74 bits per heavy atom. The van der Waals surface area contributed by atoms with E-state index in [9.17, 15) is 5.11 Å². The molecule has 1 fully saturated rings. The summed E-state index contributed by atoms with van der Waals surface area (Å²) in [5.41, 5.74) is 0.854. The van der Waals surface area contributed by atoms with Gasteiger partial charge in [-0.1, -0.05) is 24.3 Å². The molecule has 0 saturated carbocycles. The van der Waals surface area contributed by atoms with E-state index in [0.717, 1.165) is 41.5 Å². The Balaban J connectivity index is 2.21. The van der Waals surface area contributed by atoms with Crippen molar-refractivity contribution in [3.63, 3.8) is 0 Å². The molecule has 1 aliphatic rings. The zero-order valence-corrected chi connectivity index (χ0v) is 11.4. The molecular formula is C16H19NO2. The molecular weight excluding hydrogens is 238 g/mol. The summed E-state index contributed by atoms with van der Waals surface area (Å²) in [6, 6.07) is 9.81. The molecule has 0 spiro atoms. The molecule has 1 saturated heterocycles. The van der Waals surface area contributed by atoms with Gasteiger partial charge in [-0.25, -0.2) is 0 Å². The van der Waals surface area contributed by atoms with E-state index >= 15 is 0 Å². The average Bonchev–Trinajstić information content (AvgIpc) is 2.86. The van der Waals surface area contributed by atoms with E-state index in [1.165, 1.54) is 0 Å². The molecule has 19 heavy (non-hydrogen) atoms. The Kier molecular flexibility index (Phi) is 2.86. The summed E-state index contributed by atoms with van der Waals surface area (Å²) >= 11 is 0. The lowest BCUT2D eigenvalue weighted by atomic mass is 9.88. The number of fused-ring (bicyclic) bond motifs is 1. The first-order chi connectivity index (χ1) is 9.15. The highest BCUT2D eigenvalue weighted by atomic mass is 16.5. The highest BCUT2D eigenvalue weighted by Crippen LogP contribution is 2.41. The van der Waals surface area contributed by atoms with Gasteiger partial charge in [0.25, 0.3) is 0 Å². The number of rotatable bonds is 2. The van der Waals surface area contributed by atoms with Gasteiger partial charge in [-0.05, 0) is 32.4 Å². The van der Waals surface area contributed by atoms with Crippen LogP contribution in [0.5, 0.6) is 11.5 Å². The normalized spacial score (nSPS) is 22.8. The third-order valence-corrected chi connectivity index (χ3v) is 4.18. The molecule has 1 unspecified atom stereocenters. The van der Waals surface area contributed by atoms with E-state index in [-0.39, 0.29) is 5.54 Å². The minimum Gasteiger partial charge on any atom is -0.507 e. The van der Waals surface area contributed by atoms with Crippen LogP contribution in [0.3, 0.4) is 0 Å². The van der Waals surface area contributed by atoms with Gasteiger partial charge < -0.3 is 15.2 Å². The molecule has 0 aliphatic carbocycles.